The first-order valence-corrected chi connectivity index (χ1v) is 9.34. The van der Waals surface area contributed by atoms with E-state index in [4.69, 9.17) is 0 Å². The van der Waals surface area contributed by atoms with Crippen LogP contribution in [-0.2, 0) is 5.60 Å². The molecular formula is C21H17N3OS. The lowest BCUT2D eigenvalue weighted by Gasteiger charge is -2.24. The number of aromatic nitrogens is 3. The maximum Gasteiger partial charge on any atom is 0.126 e. The Labute approximate surface area is 154 Å². The highest BCUT2D eigenvalue weighted by Crippen LogP contribution is 2.34. The third-order valence-corrected chi connectivity index (χ3v) is 5.86. The van der Waals surface area contributed by atoms with Gasteiger partial charge in [-0.15, -0.1) is 11.3 Å². The van der Waals surface area contributed by atoms with Crippen molar-refractivity contribution in [2.45, 2.75) is 12.5 Å². The van der Waals surface area contributed by atoms with Crippen molar-refractivity contribution in [3.05, 3.63) is 77.2 Å². The molecule has 0 bridgehead atoms. The molecule has 5 rings (SSSR count). The second-order valence-corrected chi connectivity index (χ2v) is 7.58. The van der Waals surface area contributed by atoms with Gasteiger partial charge in [-0.3, -0.25) is 5.10 Å². The number of hydrogen-bond donors (Lipinski definition) is 3. The molecule has 4 nitrogen and oxygen atoms in total. The Bertz CT molecular complexity index is 1210. The summed E-state index contributed by atoms with van der Waals surface area (Å²) >= 11 is 1.68. The number of hydrogen-bond acceptors (Lipinski definition) is 3. The third-order valence-electron chi connectivity index (χ3n) is 4.94. The minimum atomic E-state index is -1.04. The van der Waals surface area contributed by atoms with Crippen molar-refractivity contribution in [1.82, 2.24) is 15.2 Å². The van der Waals surface area contributed by atoms with Gasteiger partial charge in [0.1, 0.15) is 11.3 Å². The van der Waals surface area contributed by atoms with Gasteiger partial charge in [0.2, 0.25) is 0 Å². The van der Waals surface area contributed by atoms with Gasteiger partial charge in [0.25, 0.3) is 0 Å². The third kappa shape index (κ3) is 2.29. The van der Waals surface area contributed by atoms with Crippen molar-refractivity contribution in [3.8, 4) is 11.4 Å². The maximum atomic E-state index is 11.1. The topological polar surface area (TPSA) is 64.7 Å². The Morgan fingerprint density at radius 2 is 1.81 bits per heavy atom. The van der Waals surface area contributed by atoms with Gasteiger partial charge < -0.3 is 10.1 Å². The van der Waals surface area contributed by atoms with Gasteiger partial charge in [-0.2, -0.15) is 5.10 Å². The number of thiophene rings is 1. The van der Waals surface area contributed by atoms with Crippen molar-refractivity contribution in [1.29, 1.82) is 0 Å². The lowest BCUT2D eigenvalue weighted by molar-refractivity contribution is 0.102. The zero-order valence-corrected chi connectivity index (χ0v) is 15.0. The van der Waals surface area contributed by atoms with Gasteiger partial charge in [-0.25, -0.2) is 0 Å². The number of H-pyrrole nitrogens is 2. The first-order chi connectivity index (χ1) is 12.6. The molecule has 0 saturated heterocycles. The molecule has 3 aromatic heterocycles. The van der Waals surface area contributed by atoms with Crippen molar-refractivity contribution in [3.63, 3.8) is 0 Å². The zero-order chi connectivity index (χ0) is 17.7. The monoisotopic (exact) mass is 359 g/mol. The molecule has 26 heavy (non-hydrogen) atoms. The van der Waals surface area contributed by atoms with E-state index in [9.17, 15) is 5.11 Å². The van der Waals surface area contributed by atoms with Crippen LogP contribution in [0.25, 0.3) is 32.5 Å². The first-order valence-electron chi connectivity index (χ1n) is 8.46. The second kappa shape index (κ2) is 5.56. The smallest absolute Gasteiger partial charge is 0.126 e. The summed E-state index contributed by atoms with van der Waals surface area (Å²) in [6, 6.07) is 19.9. The molecule has 0 amide bonds. The van der Waals surface area contributed by atoms with Crippen LogP contribution in [0.3, 0.4) is 0 Å². The van der Waals surface area contributed by atoms with Crippen LogP contribution < -0.4 is 0 Å². The van der Waals surface area contributed by atoms with Crippen molar-refractivity contribution in [2.24, 2.45) is 0 Å². The second-order valence-electron chi connectivity index (χ2n) is 6.66. The van der Waals surface area contributed by atoms with E-state index in [1.807, 2.05) is 61.5 Å². The molecule has 3 N–H and O–H groups in total. The normalized spacial score (nSPS) is 14.1. The van der Waals surface area contributed by atoms with Crippen LogP contribution in [0.5, 0.6) is 0 Å². The van der Waals surface area contributed by atoms with Crippen LogP contribution in [0, 0.1) is 0 Å². The average molecular weight is 359 g/mol. The largest absolute Gasteiger partial charge is 0.381 e. The maximum absolute atomic E-state index is 11.1. The van der Waals surface area contributed by atoms with Crippen molar-refractivity contribution in [2.75, 3.05) is 0 Å². The summed E-state index contributed by atoms with van der Waals surface area (Å²) in [5.41, 5.74) is 4.69. The Morgan fingerprint density at radius 3 is 2.65 bits per heavy atom. The SMILES string of the molecule is CC(O)(c1ccccc1)c1ccc2[nH]c(-c3n[nH]c4ccsc34)cc2c1. The molecule has 1 atom stereocenters. The van der Waals surface area contributed by atoms with Gasteiger partial charge in [-0.1, -0.05) is 36.4 Å². The number of benzene rings is 2. The zero-order valence-electron chi connectivity index (χ0n) is 14.2. The fourth-order valence-electron chi connectivity index (χ4n) is 3.42. The standard InChI is InChI=1S/C21H17N3OS/c1-21(25,14-5-3-2-4-6-14)15-7-8-16-13(11-15)12-18(22-16)19-20-17(23-24-19)9-10-26-20/h2-12,22,25H,1H3,(H,23,24). The number of aliphatic hydroxyl groups is 1. The van der Waals surface area contributed by atoms with Gasteiger partial charge in [0.05, 0.1) is 15.9 Å². The van der Waals surface area contributed by atoms with E-state index in [-0.39, 0.29) is 0 Å². The molecule has 128 valence electrons. The fraction of sp³-hybridized carbons (Fsp3) is 0.0952. The summed E-state index contributed by atoms with van der Waals surface area (Å²) < 4.78 is 1.15. The summed E-state index contributed by atoms with van der Waals surface area (Å²) in [4.78, 5) is 3.44. The lowest BCUT2D eigenvalue weighted by atomic mass is 9.88. The minimum Gasteiger partial charge on any atom is -0.381 e. The Kier molecular flexibility index (Phi) is 3.29. The van der Waals surface area contributed by atoms with Gasteiger partial charge in [0, 0.05) is 10.9 Å². The first kappa shape index (κ1) is 15.4. The van der Waals surface area contributed by atoms with E-state index >= 15 is 0 Å². The number of fused-ring (bicyclic) bond motifs is 2. The highest BCUT2D eigenvalue weighted by molar-refractivity contribution is 7.17. The van der Waals surface area contributed by atoms with Gasteiger partial charge in [0.15, 0.2) is 0 Å². The summed E-state index contributed by atoms with van der Waals surface area (Å²) in [6.07, 6.45) is 0. The van der Waals surface area contributed by atoms with Crippen LogP contribution >= 0.6 is 11.3 Å². The van der Waals surface area contributed by atoms with Crippen LogP contribution in [0.15, 0.2) is 66.0 Å². The van der Waals surface area contributed by atoms with Crippen molar-refractivity contribution < 1.29 is 5.11 Å². The quantitative estimate of drug-likeness (QED) is 0.423. The molecule has 0 spiro atoms. The van der Waals surface area contributed by atoms with Gasteiger partial charge >= 0.3 is 0 Å². The predicted octanol–water partition coefficient (Wildman–Crippen LogP) is 5.03. The number of aromatic amines is 2. The average Bonchev–Trinajstić information content (AvgIpc) is 3.36. The fourth-order valence-corrected chi connectivity index (χ4v) is 4.27. The van der Waals surface area contributed by atoms with Crippen LogP contribution in [0.2, 0.25) is 0 Å². The van der Waals surface area contributed by atoms with Crippen molar-refractivity contribution >= 4 is 32.5 Å². The summed E-state index contributed by atoms with van der Waals surface area (Å²) in [5.74, 6) is 0. The molecule has 0 fully saturated rings. The van der Waals surface area contributed by atoms with Crippen LogP contribution in [0.1, 0.15) is 18.1 Å². The highest BCUT2D eigenvalue weighted by Gasteiger charge is 2.25. The molecule has 2 aromatic carbocycles. The van der Waals surface area contributed by atoms with E-state index in [0.717, 1.165) is 43.6 Å². The van der Waals surface area contributed by atoms with Crippen LogP contribution in [0.4, 0.5) is 0 Å². The van der Waals surface area contributed by atoms with Crippen LogP contribution in [-0.4, -0.2) is 20.3 Å². The molecule has 5 heteroatoms. The highest BCUT2D eigenvalue weighted by atomic mass is 32.1. The molecule has 0 aliphatic heterocycles. The lowest BCUT2D eigenvalue weighted by Crippen LogP contribution is -2.22. The Balaban J connectivity index is 1.62. The Hall–Kier alpha value is -2.89. The number of nitrogens with zero attached hydrogens (tertiary/aromatic N) is 1. The van der Waals surface area contributed by atoms with Gasteiger partial charge in [-0.05, 0) is 47.7 Å². The minimum absolute atomic E-state index is 0.866. The molecule has 5 aromatic rings. The molecule has 0 aliphatic carbocycles. The van der Waals surface area contributed by atoms with E-state index in [0.29, 0.717) is 0 Å². The molecule has 3 heterocycles. The van der Waals surface area contributed by atoms with E-state index in [2.05, 4.69) is 26.6 Å². The molecule has 0 aliphatic rings. The predicted molar refractivity (Wildman–Crippen MR) is 106 cm³/mol. The summed E-state index contributed by atoms with van der Waals surface area (Å²) in [7, 11) is 0. The molecular weight excluding hydrogens is 342 g/mol. The summed E-state index contributed by atoms with van der Waals surface area (Å²) in [6.45, 7) is 1.83. The van der Waals surface area contributed by atoms with E-state index in [1.54, 1.807) is 11.3 Å². The Morgan fingerprint density at radius 1 is 0.962 bits per heavy atom. The number of rotatable bonds is 3. The van der Waals surface area contributed by atoms with E-state index in [1.165, 1.54) is 0 Å². The molecule has 1 unspecified atom stereocenters. The van der Waals surface area contributed by atoms with E-state index < -0.39 is 5.60 Å². The molecule has 0 saturated carbocycles. The molecule has 0 radical (unpaired) electrons. The number of nitrogens with one attached hydrogen (secondary N) is 2. The summed E-state index contributed by atoms with van der Waals surface area (Å²) in [5, 5.41) is 21.7.